The van der Waals surface area contributed by atoms with E-state index < -0.39 is 35.4 Å². The highest BCUT2D eigenvalue weighted by Crippen LogP contribution is 2.28. The molecule has 0 spiro atoms. The fourth-order valence-corrected chi connectivity index (χ4v) is 2.51. The van der Waals surface area contributed by atoms with Crippen molar-refractivity contribution in [2.75, 3.05) is 18.4 Å². The number of hydrogen-bond acceptors (Lipinski definition) is 4. The van der Waals surface area contributed by atoms with Crippen LogP contribution in [0.5, 0.6) is 0 Å². The Morgan fingerprint density at radius 1 is 1.03 bits per heavy atom. The van der Waals surface area contributed by atoms with Crippen molar-refractivity contribution < 1.29 is 27.2 Å². The zero-order chi connectivity index (χ0) is 22.3. The molecule has 1 heterocycles. The third-order valence-corrected chi connectivity index (χ3v) is 4.16. The van der Waals surface area contributed by atoms with Crippen LogP contribution < -0.4 is 16.0 Å². The second kappa shape index (κ2) is 10.0. The number of carbonyl (C=O) groups is 2. The number of rotatable bonds is 8. The monoisotopic (exact) mass is 426 g/mol. The Kier molecular flexibility index (Phi) is 7.73. The number of nitrogens with one attached hydrogen (secondary N) is 3. The number of carbonyl (C=O) groups excluding carboxylic acids is 2. The van der Waals surface area contributed by atoms with Crippen LogP contribution in [0.25, 0.3) is 0 Å². The summed E-state index contributed by atoms with van der Waals surface area (Å²) >= 11 is 0. The molecule has 3 N–H and O–H groups in total. The number of benzene rings is 1. The lowest BCUT2D eigenvalue weighted by atomic mass is 10.0. The van der Waals surface area contributed by atoms with Crippen molar-refractivity contribution >= 4 is 17.6 Å². The number of halogens is 4. The fraction of sp³-hybridized carbons (Fsp3) is 0.350. The minimum Gasteiger partial charge on any atom is -0.368 e. The average Bonchev–Trinajstić information content (AvgIpc) is 2.69. The van der Waals surface area contributed by atoms with Gasteiger partial charge in [0.25, 0.3) is 5.91 Å². The molecule has 1 atom stereocenters. The van der Waals surface area contributed by atoms with Crippen LogP contribution in [-0.2, 0) is 11.0 Å². The summed E-state index contributed by atoms with van der Waals surface area (Å²) in [4.78, 5) is 28.4. The van der Waals surface area contributed by atoms with E-state index in [1.165, 1.54) is 18.2 Å². The van der Waals surface area contributed by atoms with Crippen LogP contribution in [-0.4, -0.2) is 35.9 Å². The van der Waals surface area contributed by atoms with Gasteiger partial charge in [0.2, 0.25) is 5.91 Å². The first-order valence-electron chi connectivity index (χ1n) is 9.19. The molecule has 0 fully saturated rings. The van der Waals surface area contributed by atoms with Gasteiger partial charge >= 0.3 is 6.18 Å². The van der Waals surface area contributed by atoms with E-state index in [-0.39, 0.29) is 30.4 Å². The Morgan fingerprint density at radius 3 is 2.23 bits per heavy atom. The van der Waals surface area contributed by atoms with Gasteiger partial charge in [-0.3, -0.25) is 9.59 Å². The Bertz CT molecular complexity index is 853. The third kappa shape index (κ3) is 6.71. The summed E-state index contributed by atoms with van der Waals surface area (Å²) in [6.07, 6.45) is -3.73. The largest absolute Gasteiger partial charge is 0.417 e. The lowest BCUT2D eigenvalue weighted by Crippen LogP contribution is -2.50. The zero-order valence-corrected chi connectivity index (χ0v) is 16.4. The van der Waals surface area contributed by atoms with Crippen LogP contribution in [0.2, 0.25) is 0 Å². The van der Waals surface area contributed by atoms with Crippen molar-refractivity contribution in [1.29, 1.82) is 0 Å². The van der Waals surface area contributed by atoms with Crippen LogP contribution in [0.15, 0.2) is 42.6 Å². The SMILES string of the molecule is CC(C)C(NC(=O)c1ccc(F)cc1)C(=O)NCCNc1ccc(C(F)(F)F)cn1. The molecule has 1 unspecified atom stereocenters. The zero-order valence-electron chi connectivity index (χ0n) is 16.4. The van der Waals surface area contributed by atoms with Gasteiger partial charge in [-0.05, 0) is 42.3 Å². The maximum Gasteiger partial charge on any atom is 0.417 e. The van der Waals surface area contributed by atoms with Crippen molar-refractivity contribution in [2.24, 2.45) is 5.92 Å². The Labute approximate surface area is 171 Å². The quantitative estimate of drug-likeness (QED) is 0.447. The second-order valence-corrected chi connectivity index (χ2v) is 6.85. The topological polar surface area (TPSA) is 83.1 Å². The number of alkyl halides is 3. The minimum absolute atomic E-state index is 0.164. The lowest BCUT2D eigenvalue weighted by molar-refractivity contribution is -0.137. The summed E-state index contributed by atoms with van der Waals surface area (Å²) in [6.45, 7) is 3.91. The highest BCUT2D eigenvalue weighted by Gasteiger charge is 2.30. The van der Waals surface area contributed by atoms with E-state index in [0.717, 1.165) is 24.4 Å². The third-order valence-electron chi connectivity index (χ3n) is 4.16. The molecule has 0 aliphatic carbocycles. The van der Waals surface area contributed by atoms with E-state index in [9.17, 15) is 27.2 Å². The van der Waals surface area contributed by atoms with Gasteiger partial charge in [-0.2, -0.15) is 13.2 Å². The van der Waals surface area contributed by atoms with E-state index in [1.807, 2.05) is 0 Å². The molecule has 30 heavy (non-hydrogen) atoms. The van der Waals surface area contributed by atoms with Gasteiger partial charge in [0.1, 0.15) is 17.7 Å². The maximum absolute atomic E-state index is 13.0. The number of aromatic nitrogens is 1. The van der Waals surface area contributed by atoms with Crippen molar-refractivity contribution in [3.05, 3.63) is 59.5 Å². The number of amides is 2. The maximum atomic E-state index is 13.0. The summed E-state index contributed by atoms with van der Waals surface area (Å²) < 4.78 is 50.5. The van der Waals surface area contributed by atoms with E-state index in [0.29, 0.717) is 0 Å². The van der Waals surface area contributed by atoms with Crippen LogP contribution in [0, 0.1) is 11.7 Å². The molecule has 2 amide bonds. The second-order valence-electron chi connectivity index (χ2n) is 6.85. The molecule has 1 aromatic heterocycles. The summed E-state index contributed by atoms with van der Waals surface area (Å²) in [6, 6.07) is 6.24. The van der Waals surface area contributed by atoms with Crippen molar-refractivity contribution in [1.82, 2.24) is 15.6 Å². The van der Waals surface area contributed by atoms with Crippen LogP contribution >= 0.6 is 0 Å². The molecule has 2 aromatic rings. The molecule has 162 valence electrons. The lowest BCUT2D eigenvalue weighted by Gasteiger charge is -2.22. The molecule has 0 saturated heterocycles. The van der Waals surface area contributed by atoms with Crippen LogP contribution in [0.3, 0.4) is 0 Å². The van der Waals surface area contributed by atoms with Crippen molar-refractivity contribution in [3.8, 4) is 0 Å². The molecule has 0 bridgehead atoms. The number of nitrogens with zero attached hydrogens (tertiary/aromatic N) is 1. The molecule has 0 radical (unpaired) electrons. The summed E-state index contributed by atoms with van der Waals surface area (Å²) in [5.74, 6) is -1.36. The molecule has 1 aromatic carbocycles. The first-order valence-corrected chi connectivity index (χ1v) is 9.19. The summed E-state index contributed by atoms with van der Waals surface area (Å²) in [5, 5.41) is 8.07. The predicted octanol–water partition coefficient (Wildman–Crippen LogP) is 3.22. The number of anilines is 1. The molecule has 2 rings (SSSR count). The highest BCUT2D eigenvalue weighted by molar-refractivity contribution is 5.97. The van der Waals surface area contributed by atoms with E-state index in [2.05, 4.69) is 20.9 Å². The molecular weight excluding hydrogens is 404 g/mol. The number of pyridine rings is 1. The molecular formula is C20H22F4N4O2. The summed E-state index contributed by atoms with van der Waals surface area (Å²) in [5.41, 5.74) is -0.622. The Hall–Kier alpha value is -3.17. The molecule has 0 saturated carbocycles. The van der Waals surface area contributed by atoms with Crippen LogP contribution in [0.4, 0.5) is 23.4 Å². The van der Waals surface area contributed by atoms with E-state index in [4.69, 9.17) is 0 Å². The van der Waals surface area contributed by atoms with Gasteiger partial charge in [-0.25, -0.2) is 9.37 Å². The predicted molar refractivity (Wildman–Crippen MR) is 103 cm³/mol. The van der Waals surface area contributed by atoms with Gasteiger partial charge in [-0.1, -0.05) is 13.8 Å². The standard InChI is InChI=1S/C20H22F4N4O2/c1-12(2)17(28-18(29)13-3-6-15(21)7-4-13)19(30)26-10-9-25-16-8-5-14(11-27-16)20(22,23)24/h3-8,11-12,17H,9-10H2,1-2H3,(H,25,27)(H,26,30)(H,28,29). The molecule has 0 aliphatic rings. The molecule has 0 aliphatic heterocycles. The normalized spacial score (nSPS) is 12.4. The fourth-order valence-electron chi connectivity index (χ4n) is 2.51. The molecule has 10 heteroatoms. The van der Waals surface area contributed by atoms with Gasteiger partial charge in [0.15, 0.2) is 0 Å². The number of hydrogen-bond donors (Lipinski definition) is 3. The van der Waals surface area contributed by atoms with Crippen molar-refractivity contribution in [3.63, 3.8) is 0 Å². The highest BCUT2D eigenvalue weighted by atomic mass is 19.4. The van der Waals surface area contributed by atoms with E-state index in [1.54, 1.807) is 13.8 Å². The van der Waals surface area contributed by atoms with Crippen LogP contribution in [0.1, 0.15) is 29.8 Å². The van der Waals surface area contributed by atoms with Gasteiger partial charge in [0.05, 0.1) is 5.56 Å². The van der Waals surface area contributed by atoms with Crippen molar-refractivity contribution in [2.45, 2.75) is 26.1 Å². The van der Waals surface area contributed by atoms with Gasteiger partial charge < -0.3 is 16.0 Å². The molecule has 6 nitrogen and oxygen atoms in total. The average molecular weight is 426 g/mol. The Balaban J connectivity index is 1.83. The first-order chi connectivity index (χ1) is 14.1. The first kappa shape index (κ1) is 23.1. The summed E-state index contributed by atoms with van der Waals surface area (Å²) in [7, 11) is 0. The van der Waals surface area contributed by atoms with Gasteiger partial charge in [0, 0.05) is 24.8 Å². The van der Waals surface area contributed by atoms with E-state index >= 15 is 0 Å². The van der Waals surface area contributed by atoms with Gasteiger partial charge in [-0.15, -0.1) is 0 Å². The Morgan fingerprint density at radius 2 is 1.70 bits per heavy atom. The smallest absolute Gasteiger partial charge is 0.368 e. The minimum atomic E-state index is -4.45.